The van der Waals surface area contributed by atoms with Gasteiger partial charge in [0.15, 0.2) is 0 Å². The highest BCUT2D eigenvalue weighted by atomic mass is 32.1. The van der Waals surface area contributed by atoms with E-state index < -0.39 is 5.97 Å². The number of carboxylic acids is 1. The molecule has 198 valence electrons. The summed E-state index contributed by atoms with van der Waals surface area (Å²) in [5.74, 6) is 0.346. The van der Waals surface area contributed by atoms with E-state index in [0.29, 0.717) is 24.4 Å². The highest BCUT2D eigenvalue weighted by Gasteiger charge is 2.18. The molecule has 4 rings (SSSR count). The van der Waals surface area contributed by atoms with Gasteiger partial charge in [-0.3, -0.25) is 4.79 Å². The molecule has 1 amide bonds. The van der Waals surface area contributed by atoms with Gasteiger partial charge in [0.05, 0.1) is 21.8 Å². The topological polar surface area (TPSA) is 84.2 Å². The Bertz CT molecular complexity index is 1460. The molecule has 7 heteroatoms. The molecular formula is C31H35N3O3S. The smallest absolute Gasteiger partial charge is 0.336 e. The third-order valence-corrected chi connectivity index (χ3v) is 7.07. The van der Waals surface area contributed by atoms with Gasteiger partial charge in [0.2, 0.25) is 5.91 Å². The molecule has 0 bridgehead atoms. The minimum atomic E-state index is -0.939. The Kier molecular flexibility index (Phi) is 8.57. The van der Waals surface area contributed by atoms with Crippen LogP contribution in [-0.4, -0.2) is 31.8 Å². The van der Waals surface area contributed by atoms with Crippen LogP contribution >= 0.6 is 12.6 Å². The molecule has 0 saturated carbocycles. The summed E-state index contributed by atoms with van der Waals surface area (Å²) in [5.41, 5.74) is 6.58. The number of carboxylic acid groups (broad SMARTS) is 1. The van der Waals surface area contributed by atoms with Crippen LogP contribution in [-0.2, 0) is 17.8 Å². The van der Waals surface area contributed by atoms with Crippen LogP contribution in [0.5, 0.6) is 0 Å². The van der Waals surface area contributed by atoms with Crippen molar-refractivity contribution in [3.8, 4) is 11.1 Å². The lowest BCUT2D eigenvalue weighted by Gasteiger charge is -2.15. The molecule has 38 heavy (non-hydrogen) atoms. The summed E-state index contributed by atoms with van der Waals surface area (Å²) in [5, 5.41) is 12.2. The van der Waals surface area contributed by atoms with E-state index in [-0.39, 0.29) is 16.7 Å². The number of benzene rings is 3. The third kappa shape index (κ3) is 6.10. The Labute approximate surface area is 229 Å². The third-order valence-electron chi connectivity index (χ3n) is 6.63. The normalized spacial score (nSPS) is 12.2. The van der Waals surface area contributed by atoms with E-state index in [0.717, 1.165) is 52.1 Å². The van der Waals surface area contributed by atoms with Gasteiger partial charge in [-0.05, 0) is 66.1 Å². The van der Waals surface area contributed by atoms with Crippen molar-refractivity contribution in [2.24, 2.45) is 5.92 Å². The van der Waals surface area contributed by atoms with Gasteiger partial charge in [-0.25, -0.2) is 9.78 Å². The van der Waals surface area contributed by atoms with Gasteiger partial charge in [-0.15, -0.1) is 0 Å². The fourth-order valence-electron chi connectivity index (χ4n) is 4.78. The molecule has 3 aromatic carbocycles. The van der Waals surface area contributed by atoms with Crippen molar-refractivity contribution in [3.63, 3.8) is 0 Å². The number of rotatable bonds is 10. The number of thiol groups is 1. The zero-order chi connectivity index (χ0) is 27.4. The van der Waals surface area contributed by atoms with Crippen molar-refractivity contribution in [1.82, 2.24) is 9.55 Å². The van der Waals surface area contributed by atoms with E-state index in [1.165, 1.54) is 0 Å². The predicted molar refractivity (Wildman–Crippen MR) is 157 cm³/mol. The first-order valence-electron chi connectivity index (χ1n) is 13.1. The molecular weight excluding hydrogens is 494 g/mol. The lowest BCUT2D eigenvalue weighted by molar-refractivity contribution is -0.115. The van der Waals surface area contributed by atoms with Gasteiger partial charge in [0.25, 0.3) is 0 Å². The number of fused-ring (bicyclic) bond motifs is 1. The Morgan fingerprint density at radius 2 is 1.79 bits per heavy atom. The number of hydrogen-bond donors (Lipinski definition) is 3. The number of nitrogens with zero attached hydrogens (tertiary/aromatic N) is 2. The van der Waals surface area contributed by atoms with Crippen LogP contribution in [0.25, 0.3) is 22.2 Å². The summed E-state index contributed by atoms with van der Waals surface area (Å²) in [7, 11) is 0. The van der Waals surface area contributed by atoms with E-state index in [1.807, 2.05) is 55.5 Å². The maximum absolute atomic E-state index is 12.7. The van der Waals surface area contributed by atoms with Gasteiger partial charge < -0.3 is 15.0 Å². The second-order valence-corrected chi connectivity index (χ2v) is 10.8. The van der Waals surface area contributed by atoms with Crippen LogP contribution in [0.15, 0.2) is 60.7 Å². The lowest BCUT2D eigenvalue weighted by Crippen LogP contribution is -2.24. The van der Waals surface area contributed by atoms with Crippen LogP contribution in [0.2, 0.25) is 0 Å². The van der Waals surface area contributed by atoms with Crippen molar-refractivity contribution < 1.29 is 14.7 Å². The molecule has 1 atom stereocenters. The molecule has 0 saturated heterocycles. The van der Waals surface area contributed by atoms with Crippen molar-refractivity contribution in [3.05, 3.63) is 83.2 Å². The molecule has 4 aromatic rings. The van der Waals surface area contributed by atoms with Gasteiger partial charge in [-0.2, -0.15) is 12.6 Å². The van der Waals surface area contributed by atoms with Crippen LogP contribution in [0, 0.1) is 12.8 Å². The Hall–Kier alpha value is -3.58. The SMILES string of the molecule is CCCc1nc2c(C)cc(NC(=O)C(S)CC(C)C)cc2n1Cc1ccc(-c2ccccc2C(=O)O)cc1. The number of carbonyl (C=O) groups is 2. The summed E-state index contributed by atoms with van der Waals surface area (Å²) in [6.07, 6.45) is 2.52. The number of aromatic nitrogens is 2. The summed E-state index contributed by atoms with van der Waals surface area (Å²) < 4.78 is 2.22. The van der Waals surface area contributed by atoms with E-state index in [4.69, 9.17) is 4.98 Å². The molecule has 1 unspecified atom stereocenters. The first-order chi connectivity index (χ1) is 18.2. The molecule has 0 aliphatic carbocycles. The molecule has 0 aliphatic heterocycles. The number of imidazole rings is 1. The number of carbonyl (C=O) groups excluding carboxylic acids is 1. The molecule has 0 radical (unpaired) electrons. The number of anilines is 1. The van der Waals surface area contributed by atoms with Crippen molar-refractivity contribution in [2.45, 2.75) is 58.8 Å². The Balaban J connectivity index is 1.67. The van der Waals surface area contributed by atoms with E-state index in [1.54, 1.807) is 12.1 Å². The summed E-state index contributed by atoms with van der Waals surface area (Å²) in [6, 6.07) is 19.0. The minimum Gasteiger partial charge on any atom is -0.478 e. The number of nitrogens with one attached hydrogen (secondary N) is 1. The van der Waals surface area contributed by atoms with Gasteiger partial charge in [0, 0.05) is 18.7 Å². The van der Waals surface area contributed by atoms with Crippen molar-refractivity contribution >= 4 is 41.2 Å². The van der Waals surface area contributed by atoms with Gasteiger partial charge in [0.1, 0.15) is 5.82 Å². The molecule has 6 nitrogen and oxygen atoms in total. The molecule has 2 N–H and O–H groups in total. The highest BCUT2D eigenvalue weighted by molar-refractivity contribution is 7.81. The molecule has 1 aromatic heterocycles. The summed E-state index contributed by atoms with van der Waals surface area (Å²) in [4.78, 5) is 29.4. The number of hydrogen-bond acceptors (Lipinski definition) is 4. The molecule has 0 spiro atoms. The fraction of sp³-hybridized carbons (Fsp3) is 0.323. The monoisotopic (exact) mass is 529 g/mol. The molecule has 1 heterocycles. The largest absolute Gasteiger partial charge is 0.478 e. The summed E-state index contributed by atoms with van der Waals surface area (Å²) >= 11 is 4.50. The average Bonchev–Trinajstić information content (AvgIpc) is 3.21. The maximum atomic E-state index is 12.7. The second-order valence-electron chi connectivity index (χ2n) is 10.2. The number of aromatic carboxylic acids is 1. The minimum absolute atomic E-state index is 0.0992. The summed E-state index contributed by atoms with van der Waals surface area (Å²) in [6.45, 7) is 8.94. The number of amides is 1. The predicted octanol–water partition coefficient (Wildman–Crippen LogP) is 6.99. The van der Waals surface area contributed by atoms with E-state index in [2.05, 4.69) is 43.3 Å². The highest BCUT2D eigenvalue weighted by Crippen LogP contribution is 2.28. The second kappa shape index (κ2) is 11.9. The van der Waals surface area contributed by atoms with Gasteiger partial charge in [-0.1, -0.05) is 63.2 Å². The Morgan fingerprint density at radius 3 is 2.45 bits per heavy atom. The number of aryl methyl sites for hydroxylation is 2. The first kappa shape index (κ1) is 27.5. The zero-order valence-electron chi connectivity index (χ0n) is 22.4. The molecule has 0 fully saturated rings. The fourth-order valence-corrected chi connectivity index (χ4v) is 5.26. The van der Waals surface area contributed by atoms with Crippen LogP contribution in [0.4, 0.5) is 5.69 Å². The van der Waals surface area contributed by atoms with Crippen LogP contribution in [0.1, 0.15) is 60.9 Å². The first-order valence-corrected chi connectivity index (χ1v) is 13.6. The maximum Gasteiger partial charge on any atom is 0.336 e. The Morgan fingerprint density at radius 1 is 1.08 bits per heavy atom. The van der Waals surface area contributed by atoms with Gasteiger partial charge >= 0.3 is 5.97 Å². The van der Waals surface area contributed by atoms with Crippen LogP contribution < -0.4 is 5.32 Å². The standard InChI is InChI=1S/C31H35N3O3S/c1-5-8-28-33-29-20(4)16-23(32-30(35)27(38)15-19(2)3)17-26(29)34(28)18-21-11-13-22(14-12-21)24-9-6-7-10-25(24)31(36)37/h6-7,9-14,16-17,19,27,38H,5,8,15,18H2,1-4H3,(H,32,35)(H,36,37). The zero-order valence-corrected chi connectivity index (χ0v) is 23.3. The quantitative estimate of drug-likeness (QED) is 0.193. The van der Waals surface area contributed by atoms with E-state index in [9.17, 15) is 14.7 Å². The van der Waals surface area contributed by atoms with Crippen LogP contribution in [0.3, 0.4) is 0 Å². The van der Waals surface area contributed by atoms with E-state index >= 15 is 0 Å². The van der Waals surface area contributed by atoms with Crippen molar-refractivity contribution in [1.29, 1.82) is 0 Å². The van der Waals surface area contributed by atoms with Crippen molar-refractivity contribution in [2.75, 3.05) is 5.32 Å². The lowest BCUT2D eigenvalue weighted by atomic mass is 9.99. The average molecular weight is 530 g/mol. The molecule has 0 aliphatic rings.